The molecule has 1 saturated heterocycles. The fourth-order valence-corrected chi connectivity index (χ4v) is 4.29. The third kappa shape index (κ3) is 4.59. The molecule has 1 atom stereocenters. The van der Waals surface area contributed by atoms with Crippen LogP contribution in [0, 0.1) is 5.82 Å². The average Bonchev–Trinajstić information content (AvgIpc) is 3.28. The summed E-state index contributed by atoms with van der Waals surface area (Å²) >= 11 is 6.09. The van der Waals surface area contributed by atoms with Crippen LogP contribution in [0.4, 0.5) is 9.18 Å². The number of ether oxygens (including phenoxy) is 1. The number of carbonyl (C=O) groups excluding carboxylic acids is 2. The first kappa shape index (κ1) is 20.9. The van der Waals surface area contributed by atoms with Gasteiger partial charge in [-0.1, -0.05) is 30.5 Å². The van der Waals surface area contributed by atoms with Gasteiger partial charge in [0.2, 0.25) is 0 Å². The third-order valence-corrected chi connectivity index (χ3v) is 5.73. The number of rotatable bonds is 3. The lowest BCUT2D eigenvalue weighted by Gasteiger charge is -2.35. The van der Waals surface area contributed by atoms with Gasteiger partial charge in [0.15, 0.2) is 0 Å². The SMILES string of the molecule is CC(C)(C)OC(=O)N1CCC(N(C(=O)c2cccc(F)c2Cl)C2CCCC2)C1. The topological polar surface area (TPSA) is 49.9 Å². The number of likely N-dealkylation sites (tertiary alicyclic amines) is 1. The fourth-order valence-electron chi connectivity index (χ4n) is 4.08. The van der Waals surface area contributed by atoms with E-state index in [1.165, 1.54) is 12.1 Å². The highest BCUT2D eigenvalue weighted by Crippen LogP contribution is 2.32. The van der Waals surface area contributed by atoms with E-state index in [2.05, 4.69) is 0 Å². The number of carbonyl (C=O) groups is 2. The van der Waals surface area contributed by atoms with Gasteiger partial charge in [0.05, 0.1) is 16.6 Å². The van der Waals surface area contributed by atoms with Crippen molar-refractivity contribution in [2.24, 2.45) is 0 Å². The predicted molar refractivity (Wildman–Crippen MR) is 106 cm³/mol. The Morgan fingerprint density at radius 3 is 2.50 bits per heavy atom. The highest BCUT2D eigenvalue weighted by molar-refractivity contribution is 6.34. The van der Waals surface area contributed by atoms with Crippen LogP contribution in [0.2, 0.25) is 5.02 Å². The molecule has 154 valence electrons. The second-order valence-electron chi connectivity index (χ2n) is 8.62. The number of benzene rings is 1. The van der Waals surface area contributed by atoms with Crippen LogP contribution in [-0.2, 0) is 4.74 Å². The summed E-state index contributed by atoms with van der Waals surface area (Å²) in [5.74, 6) is -0.854. The number of hydrogen-bond acceptors (Lipinski definition) is 3. The molecule has 7 heteroatoms. The van der Waals surface area contributed by atoms with Crippen molar-refractivity contribution in [2.45, 2.75) is 70.6 Å². The van der Waals surface area contributed by atoms with E-state index in [-0.39, 0.29) is 34.7 Å². The molecule has 1 aliphatic heterocycles. The van der Waals surface area contributed by atoms with Crippen LogP contribution in [0.1, 0.15) is 63.2 Å². The van der Waals surface area contributed by atoms with Crippen molar-refractivity contribution in [3.63, 3.8) is 0 Å². The van der Waals surface area contributed by atoms with Gasteiger partial charge in [-0.25, -0.2) is 9.18 Å². The highest BCUT2D eigenvalue weighted by Gasteiger charge is 2.39. The second-order valence-corrected chi connectivity index (χ2v) is 9.00. The molecule has 1 saturated carbocycles. The third-order valence-electron chi connectivity index (χ3n) is 5.34. The van der Waals surface area contributed by atoms with Crippen LogP contribution in [0.15, 0.2) is 18.2 Å². The van der Waals surface area contributed by atoms with E-state index in [0.29, 0.717) is 19.5 Å². The van der Waals surface area contributed by atoms with Gasteiger partial charge < -0.3 is 14.5 Å². The van der Waals surface area contributed by atoms with E-state index >= 15 is 0 Å². The predicted octanol–water partition coefficient (Wildman–Crippen LogP) is 4.87. The number of amides is 2. The van der Waals surface area contributed by atoms with Crippen molar-refractivity contribution < 1.29 is 18.7 Å². The van der Waals surface area contributed by atoms with Crippen LogP contribution in [0.3, 0.4) is 0 Å². The van der Waals surface area contributed by atoms with Crippen molar-refractivity contribution >= 4 is 23.6 Å². The summed E-state index contributed by atoms with van der Waals surface area (Å²) in [4.78, 5) is 29.3. The molecule has 0 spiro atoms. The Bertz CT molecular complexity index is 744. The maximum absolute atomic E-state index is 13.9. The van der Waals surface area contributed by atoms with Gasteiger partial charge in [0.25, 0.3) is 5.91 Å². The molecule has 5 nitrogen and oxygen atoms in total. The zero-order chi connectivity index (χ0) is 20.5. The minimum absolute atomic E-state index is 0.0930. The first-order valence-electron chi connectivity index (χ1n) is 9.92. The van der Waals surface area contributed by atoms with Crippen molar-refractivity contribution in [3.05, 3.63) is 34.6 Å². The average molecular weight is 411 g/mol. The summed E-state index contributed by atoms with van der Waals surface area (Å²) < 4.78 is 19.4. The van der Waals surface area contributed by atoms with Gasteiger partial charge in [0.1, 0.15) is 11.4 Å². The van der Waals surface area contributed by atoms with Gasteiger partial charge in [0, 0.05) is 19.1 Å². The molecular formula is C21H28ClFN2O3. The van der Waals surface area contributed by atoms with Crippen molar-refractivity contribution in [3.8, 4) is 0 Å². The molecule has 1 aromatic rings. The molecule has 0 aromatic heterocycles. The van der Waals surface area contributed by atoms with Crippen LogP contribution in [0.5, 0.6) is 0 Å². The molecule has 1 aliphatic carbocycles. The smallest absolute Gasteiger partial charge is 0.410 e. The summed E-state index contributed by atoms with van der Waals surface area (Å²) in [5, 5.41) is -0.141. The fraction of sp³-hybridized carbons (Fsp3) is 0.619. The highest BCUT2D eigenvalue weighted by atomic mass is 35.5. The van der Waals surface area contributed by atoms with Gasteiger partial charge in [-0.15, -0.1) is 0 Å². The lowest BCUT2D eigenvalue weighted by molar-refractivity contribution is 0.0265. The number of hydrogen-bond donors (Lipinski definition) is 0. The van der Waals surface area contributed by atoms with E-state index in [4.69, 9.17) is 16.3 Å². The van der Waals surface area contributed by atoms with Gasteiger partial charge in [-0.3, -0.25) is 4.79 Å². The Balaban J connectivity index is 1.80. The molecule has 1 aromatic carbocycles. The molecule has 0 radical (unpaired) electrons. The van der Waals surface area contributed by atoms with Gasteiger partial charge >= 0.3 is 6.09 Å². The zero-order valence-electron chi connectivity index (χ0n) is 16.7. The lowest BCUT2D eigenvalue weighted by atomic mass is 10.1. The van der Waals surface area contributed by atoms with Crippen LogP contribution >= 0.6 is 11.6 Å². The van der Waals surface area contributed by atoms with E-state index < -0.39 is 11.4 Å². The molecular weight excluding hydrogens is 383 g/mol. The van der Waals surface area contributed by atoms with E-state index in [1.807, 2.05) is 25.7 Å². The standard InChI is InChI=1S/C21H28ClFN2O3/c1-21(2,3)28-20(27)24-12-11-15(13-24)25(14-7-4-5-8-14)19(26)16-9-6-10-17(23)18(16)22/h6,9-10,14-15H,4-5,7-8,11-13H2,1-3H3. The maximum Gasteiger partial charge on any atom is 0.410 e. The Labute approximate surface area is 170 Å². The molecule has 0 N–H and O–H groups in total. The minimum Gasteiger partial charge on any atom is -0.444 e. The first-order valence-corrected chi connectivity index (χ1v) is 10.3. The molecule has 2 fully saturated rings. The normalized spacial score (nSPS) is 20.5. The molecule has 3 rings (SSSR count). The Kier molecular flexibility index (Phi) is 6.18. The Morgan fingerprint density at radius 1 is 1.18 bits per heavy atom. The largest absolute Gasteiger partial charge is 0.444 e. The van der Waals surface area contributed by atoms with Crippen molar-refractivity contribution in [1.29, 1.82) is 0 Å². The summed E-state index contributed by atoms with van der Waals surface area (Å²) in [5.41, 5.74) is -0.380. The molecule has 0 bridgehead atoms. The summed E-state index contributed by atoms with van der Waals surface area (Å²) in [6, 6.07) is 4.29. The Morgan fingerprint density at radius 2 is 1.86 bits per heavy atom. The van der Waals surface area contributed by atoms with Gasteiger partial charge in [-0.2, -0.15) is 0 Å². The van der Waals surface area contributed by atoms with Crippen LogP contribution < -0.4 is 0 Å². The second kappa shape index (κ2) is 8.27. The van der Waals surface area contributed by atoms with E-state index in [0.717, 1.165) is 25.7 Å². The van der Waals surface area contributed by atoms with Crippen molar-refractivity contribution in [2.75, 3.05) is 13.1 Å². The number of nitrogens with zero attached hydrogens (tertiary/aromatic N) is 2. The molecule has 2 aliphatic rings. The van der Waals surface area contributed by atoms with Crippen molar-refractivity contribution in [1.82, 2.24) is 9.80 Å². The Hall–Kier alpha value is -1.82. The zero-order valence-corrected chi connectivity index (χ0v) is 17.5. The minimum atomic E-state index is -0.597. The molecule has 28 heavy (non-hydrogen) atoms. The first-order chi connectivity index (χ1) is 13.2. The summed E-state index contributed by atoms with van der Waals surface area (Å²) in [6.45, 7) is 6.45. The van der Waals surface area contributed by atoms with Crippen LogP contribution in [-0.4, -0.2) is 52.6 Å². The monoisotopic (exact) mass is 410 g/mol. The molecule has 2 amide bonds. The lowest BCUT2D eigenvalue weighted by Crippen LogP contribution is -2.48. The molecule has 1 heterocycles. The summed E-state index contributed by atoms with van der Waals surface area (Å²) in [6.07, 6.45) is 4.27. The van der Waals surface area contributed by atoms with Crippen LogP contribution in [0.25, 0.3) is 0 Å². The maximum atomic E-state index is 13.9. The summed E-state index contributed by atoms with van der Waals surface area (Å²) in [7, 11) is 0. The number of halogens is 2. The van der Waals surface area contributed by atoms with Gasteiger partial charge in [-0.05, 0) is 52.2 Å². The molecule has 1 unspecified atom stereocenters. The van der Waals surface area contributed by atoms with E-state index in [1.54, 1.807) is 11.0 Å². The quantitative estimate of drug-likeness (QED) is 0.714. The van der Waals surface area contributed by atoms with E-state index in [9.17, 15) is 14.0 Å².